The molecule has 0 aliphatic heterocycles. The van der Waals surface area contributed by atoms with Gasteiger partial charge in [-0.1, -0.05) is 34.6 Å². The van der Waals surface area contributed by atoms with E-state index in [1.165, 1.54) is 6.42 Å². The highest BCUT2D eigenvalue weighted by molar-refractivity contribution is 6.24. The van der Waals surface area contributed by atoms with Gasteiger partial charge in [0, 0.05) is 4.87 Å². The summed E-state index contributed by atoms with van der Waals surface area (Å²) in [5.41, 5.74) is 0.234. The van der Waals surface area contributed by atoms with Crippen molar-refractivity contribution in [1.29, 1.82) is 0 Å². The van der Waals surface area contributed by atoms with Crippen LogP contribution in [0, 0.1) is 11.3 Å². The van der Waals surface area contributed by atoms with Gasteiger partial charge in [-0.15, -0.1) is 11.6 Å². The monoisotopic (exact) mass is 190 g/mol. The van der Waals surface area contributed by atoms with Gasteiger partial charge >= 0.3 is 0 Å². The molecule has 0 heterocycles. The zero-order valence-corrected chi connectivity index (χ0v) is 10.1. The number of halogens is 1. The Balaban J connectivity index is 4.37. The van der Waals surface area contributed by atoms with E-state index in [0.717, 1.165) is 12.3 Å². The van der Waals surface area contributed by atoms with Crippen molar-refractivity contribution >= 4 is 11.6 Å². The molecule has 0 fully saturated rings. The van der Waals surface area contributed by atoms with Gasteiger partial charge in [-0.05, 0) is 31.1 Å². The molecule has 1 heteroatoms. The van der Waals surface area contributed by atoms with Crippen LogP contribution >= 0.6 is 11.6 Å². The molecule has 0 spiro atoms. The molecule has 0 aliphatic carbocycles. The summed E-state index contributed by atoms with van der Waals surface area (Å²) in [5, 5.41) is 0. The number of hydrogen-bond donors (Lipinski definition) is 0. The predicted molar refractivity (Wildman–Crippen MR) is 57.8 cm³/mol. The first-order valence-electron chi connectivity index (χ1n) is 4.92. The Morgan fingerprint density at radius 2 is 1.58 bits per heavy atom. The lowest BCUT2D eigenvalue weighted by Crippen LogP contribution is -2.37. The molecule has 0 bridgehead atoms. The SMILES string of the molecule is CCC(C)(Cl)C(C)(C)CC(C)C. The quantitative estimate of drug-likeness (QED) is 0.574. The summed E-state index contributed by atoms with van der Waals surface area (Å²) < 4.78 is 0. The van der Waals surface area contributed by atoms with Gasteiger partial charge in [0.05, 0.1) is 0 Å². The molecule has 12 heavy (non-hydrogen) atoms. The van der Waals surface area contributed by atoms with Crippen LogP contribution in [0.3, 0.4) is 0 Å². The van der Waals surface area contributed by atoms with E-state index in [4.69, 9.17) is 11.6 Å². The molecule has 0 amide bonds. The summed E-state index contributed by atoms with van der Waals surface area (Å²) in [7, 11) is 0. The molecule has 0 radical (unpaired) electrons. The minimum atomic E-state index is -0.0583. The minimum absolute atomic E-state index is 0.0583. The first-order chi connectivity index (χ1) is 5.23. The van der Waals surface area contributed by atoms with Crippen molar-refractivity contribution in [1.82, 2.24) is 0 Å². The maximum absolute atomic E-state index is 6.46. The van der Waals surface area contributed by atoms with Crippen molar-refractivity contribution < 1.29 is 0 Å². The zero-order valence-electron chi connectivity index (χ0n) is 9.37. The standard InChI is InChI=1S/C11H23Cl/c1-7-11(6,12)10(4,5)8-9(2)3/h9H,7-8H2,1-6H3. The first kappa shape index (κ1) is 12.3. The topological polar surface area (TPSA) is 0 Å². The Kier molecular flexibility index (Phi) is 4.10. The fraction of sp³-hybridized carbons (Fsp3) is 1.00. The minimum Gasteiger partial charge on any atom is -0.119 e. The van der Waals surface area contributed by atoms with Crippen molar-refractivity contribution in [2.75, 3.05) is 0 Å². The van der Waals surface area contributed by atoms with Crippen LogP contribution in [0.5, 0.6) is 0 Å². The third kappa shape index (κ3) is 2.97. The molecule has 0 saturated heterocycles. The highest BCUT2D eigenvalue weighted by Crippen LogP contribution is 2.43. The lowest BCUT2D eigenvalue weighted by molar-refractivity contribution is 0.203. The summed E-state index contributed by atoms with van der Waals surface area (Å²) in [6, 6.07) is 0. The Morgan fingerprint density at radius 3 is 1.83 bits per heavy atom. The summed E-state index contributed by atoms with van der Waals surface area (Å²) in [5.74, 6) is 0.727. The van der Waals surface area contributed by atoms with Crippen LogP contribution in [-0.2, 0) is 0 Å². The predicted octanol–water partition coefficient (Wildman–Crippen LogP) is 4.47. The molecule has 0 rings (SSSR count). The fourth-order valence-corrected chi connectivity index (χ4v) is 1.79. The number of rotatable bonds is 4. The van der Waals surface area contributed by atoms with Gasteiger partial charge in [0.15, 0.2) is 0 Å². The Bertz CT molecular complexity index is 134. The van der Waals surface area contributed by atoms with E-state index in [1.807, 2.05) is 0 Å². The molecule has 0 saturated carbocycles. The van der Waals surface area contributed by atoms with Gasteiger partial charge in [0.25, 0.3) is 0 Å². The third-order valence-corrected chi connectivity index (χ3v) is 3.77. The lowest BCUT2D eigenvalue weighted by Gasteiger charge is -2.40. The van der Waals surface area contributed by atoms with E-state index in [-0.39, 0.29) is 10.3 Å². The molecular weight excluding hydrogens is 168 g/mol. The van der Waals surface area contributed by atoms with E-state index >= 15 is 0 Å². The van der Waals surface area contributed by atoms with Crippen molar-refractivity contribution in [3.05, 3.63) is 0 Å². The van der Waals surface area contributed by atoms with Gasteiger partial charge < -0.3 is 0 Å². The maximum atomic E-state index is 6.46. The van der Waals surface area contributed by atoms with Crippen molar-refractivity contribution in [3.63, 3.8) is 0 Å². The van der Waals surface area contributed by atoms with Crippen molar-refractivity contribution in [3.8, 4) is 0 Å². The second-order valence-corrected chi connectivity index (χ2v) is 5.87. The average molecular weight is 191 g/mol. The Morgan fingerprint density at radius 1 is 1.17 bits per heavy atom. The van der Waals surface area contributed by atoms with Crippen LogP contribution in [0.25, 0.3) is 0 Å². The van der Waals surface area contributed by atoms with Gasteiger partial charge in [-0.2, -0.15) is 0 Å². The molecule has 1 unspecified atom stereocenters. The molecule has 0 nitrogen and oxygen atoms in total. The third-order valence-electron chi connectivity index (χ3n) is 2.99. The normalized spacial score (nSPS) is 18.0. The highest BCUT2D eigenvalue weighted by Gasteiger charge is 2.37. The van der Waals surface area contributed by atoms with Crippen LogP contribution < -0.4 is 0 Å². The van der Waals surface area contributed by atoms with E-state index < -0.39 is 0 Å². The zero-order chi connectivity index (χ0) is 9.99. The molecule has 1 atom stereocenters. The molecule has 0 aliphatic rings. The van der Waals surface area contributed by atoms with E-state index in [1.54, 1.807) is 0 Å². The molecule has 74 valence electrons. The van der Waals surface area contributed by atoms with Gasteiger partial charge in [-0.25, -0.2) is 0 Å². The molecule has 0 N–H and O–H groups in total. The van der Waals surface area contributed by atoms with Crippen LogP contribution in [0.15, 0.2) is 0 Å². The second kappa shape index (κ2) is 4.00. The van der Waals surface area contributed by atoms with Crippen molar-refractivity contribution in [2.45, 2.75) is 59.3 Å². The van der Waals surface area contributed by atoms with E-state index in [2.05, 4.69) is 41.5 Å². The fourth-order valence-electron chi connectivity index (χ4n) is 1.71. The average Bonchev–Trinajstić information content (AvgIpc) is 1.84. The van der Waals surface area contributed by atoms with Crippen LogP contribution in [-0.4, -0.2) is 4.87 Å². The van der Waals surface area contributed by atoms with E-state index in [9.17, 15) is 0 Å². The summed E-state index contributed by atoms with van der Waals surface area (Å²) in [6.07, 6.45) is 2.23. The molecule has 0 aromatic rings. The Labute approximate surface area is 82.7 Å². The Hall–Kier alpha value is 0.290. The van der Waals surface area contributed by atoms with E-state index in [0.29, 0.717) is 0 Å². The van der Waals surface area contributed by atoms with Crippen LogP contribution in [0.4, 0.5) is 0 Å². The van der Waals surface area contributed by atoms with Gasteiger partial charge in [0.1, 0.15) is 0 Å². The summed E-state index contributed by atoms with van der Waals surface area (Å²) >= 11 is 6.46. The van der Waals surface area contributed by atoms with Crippen molar-refractivity contribution in [2.24, 2.45) is 11.3 Å². The first-order valence-corrected chi connectivity index (χ1v) is 5.29. The summed E-state index contributed by atoms with van der Waals surface area (Å²) in [4.78, 5) is -0.0583. The van der Waals surface area contributed by atoms with Gasteiger partial charge in [0.2, 0.25) is 0 Å². The molecule has 0 aromatic heterocycles. The second-order valence-electron chi connectivity index (χ2n) is 5.03. The summed E-state index contributed by atoms with van der Waals surface area (Å²) in [6.45, 7) is 13.4. The van der Waals surface area contributed by atoms with Gasteiger partial charge in [-0.3, -0.25) is 0 Å². The smallest absolute Gasteiger partial charge is 0.0467 e. The van der Waals surface area contributed by atoms with Crippen LogP contribution in [0.2, 0.25) is 0 Å². The molecular formula is C11H23Cl. The number of hydrogen-bond acceptors (Lipinski definition) is 0. The molecule has 0 aromatic carbocycles. The number of alkyl halides is 1. The highest BCUT2D eigenvalue weighted by atomic mass is 35.5. The van der Waals surface area contributed by atoms with Crippen LogP contribution in [0.1, 0.15) is 54.4 Å². The largest absolute Gasteiger partial charge is 0.119 e. The lowest BCUT2D eigenvalue weighted by atomic mass is 9.72. The maximum Gasteiger partial charge on any atom is 0.0467 e.